The fraction of sp³-hybridized carbons (Fsp3) is 0.235. The molecule has 108 valence electrons. The Morgan fingerprint density at radius 1 is 1.19 bits per heavy atom. The van der Waals surface area contributed by atoms with E-state index in [1.807, 2.05) is 24.3 Å². The smallest absolute Gasteiger partial charge is 0.101 e. The highest BCUT2D eigenvalue weighted by Crippen LogP contribution is 2.17. The van der Waals surface area contributed by atoms with Gasteiger partial charge in [0.25, 0.3) is 0 Å². The highest BCUT2D eigenvalue weighted by atomic mass is 15.1. The van der Waals surface area contributed by atoms with Gasteiger partial charge >= 0.3 is 0 Å². The fourth-order valence-corrected chi connectivity index (χ4v) is 2.12. The molecule has 0 aromatic heterocycles. The summed E-state index contributed by atoms with van der Waals surface area (Å²) in [5.74, 6) is 0. The van der Waals surface area contributed by atoms with E-state index in [-0.39, 0.29) is 0 Å². The summed E-state index contributed by atoms with van der Waals surface area (Å²) in [6.45, 7) is 1.82. The minimum Gasteiger partial charge on any atom is -0.398 e. The van der Waals surface area contributed by atoms with E-state index in [4.69, 9.17) is 11.0 Å². The molecule has 0 unspecified atom stereocenters. The summed E-state index contributed by atoms with van der Waals surface area (Å²) in [5.41, 5.74) is 8.89. The molecule has 21 heavy (non-hydrogen) atoms. The molecule has 0 radical (unpaired) electrons. The summed E-state index contributed by atoms with van der Waals surface area (Å²) in [4.78, 5) is 2.23. The van der Waals surface area contributed by atoms with Gasteiger partial charge in [0.15, 0.2) is 0 Å². The molecule has 0 heterocycles. The predicted octanol–water partition coefficient (Wildman–Crippen LogP) is 3.08. The number of nitrogen functional groups attached to an aromatic ring is 1. The van der Waals surface area contributed by atoms with Crippen LogP contribution in [0.5, 0.6) is 0 Å². The fourth-order valence-electron chi connectivity index (χ4n) is 2.12. The third kappa shape index (κ3) is 4.15. The van der Waals surface area contributed by atoms with Gasteiger partial charge in [-0.05, 0) is 36.8 Å². The molecule has 2 aromatic carbocycles. The molecule has 0 saturated carbocycles. The lowest BCUT2D eigenvalue weighted by Gasteiger charge is -2.19. The molecule has 0 atom stereocenters. The van der Waals surface area contributed by atoms with Crippen LogP contribution in [-0.2, 0) is 0 Å². The zero-order chi connectivity index (χ0) is 15.1. The minimum absolute atomic E-state index is 0.515. The van der Waals surface area contributed by atoms with Gasteiger partial charge in [-0.25, -0.2) is 0 Å². The summed E-state index contributed by atoms with van der Waals surface area (Å²) < 4.78 is 0. The van der Waals surface area contributed by atoms with Crippen LogP contribution >= 0.6 is 0 Å². The summed E-state index contributed by atoms with van der Waals surface area (Å²) in [6, 6.07) is 17.9. The number of rotatable bonds is 6. The van der Waals surface area contributed by atoms with E-state index in [9.17, 15) is 0 Å². The molecule has 2 aromatic rings. The maximum atomic E-state index is 8.95. The van der Waals surface area contributed by atoms with Gasteiger partial charge in [0, 0.05) is 37.2 Å². The van der Waals surface area contributed by atoms with Crippen molar-refractivity contribution in [2.45, 2.75) is 6.42 Å². The van der Waals surface area contributed by atoms with Crippen molar-refractivity contribution in [1.29, 1.82) is 5.26 Å². The zero-order valence-corrected chi connectivity index (χ0v) is 12.2. The van der Waals surface area contributed by atoms with Crippen LogP contribution < -0.4 is 16.0 Å². The summed E-state index contributed by atoms with van der Waals surface area (Å²) in [6.07, 6.45) is 1.01. The van der Waals surface area contributed by atoms with Gasteiger partial charge in [0.1, 0.15) is 6.07 Å². The first-order chi connectivity index (χ1) is 10.2. The van der Waals surface area contributed by atoms with Gasteiger partial charge in [0.2, 0.25) is 0 Å². The van der Waals surface area contributed by atoms with Crippen molar-refractivity contribution in [2.24, 2.45) is 0 Å². The Morgan fingerprint density at radius 3 is 2.67 bits per heavy atom. The maximum absolute atomic E-state index is 8.95. The number of nitrogens with zero attached hydrogens (tertiary/aromatic N) is 2. The molecular weight excluding hydrogens is 260 g/mol. The highest BCUT2D eigenvalue weighted by Gasteiger charge is 2.01. The largest absolute Gasteiger partial charge is 0.398 e. The Bertz CT molecular complexity index is 616. The van der Waals surface area contributed by atoms with Crippen LogP contribution in [0.2, 0.25) is 0 Å². The van der Waals surface area contributed by atoms with Crippen LogP contribution in [0.1, 0.15) is 12.0 Å². The second kappa shape index (κ2) is 7.20. The Labute approximate surface area is 125 Å². The van der Waals surface area contributed by atoms with Gasteiger partial charge < -0.3 is 16.0 Å². The molecule has 0 saturated heterocycles. The van der Waals surface area contributed by atoms with E-state index in [2.05, 4.69) is 35.5 Å². The van der Waals surface area contributed by atoms with E-state index in [0.29, 0.717) is 11.3 Å². The van der Waals surface area contributed by atoms with Crippen LogP contribution in [-0.4, -0.2) is 20.1 Å². The van der Waals surface area contributed by atoms with Gasteiger partial charge in [-0.1, -0.05) is 18.2 Å². The van der Waals surface area contributed by atoms with Crippen molar-refractivity contribution in [3.63, 3.8) is 0 Å². The van der Waals surface area contributed by atoms with Crippen LogP contribution in [0.15, 0.2) is 48.5 Å². The van der Waals surface area contributed by atoms with Crippen LogP contribution in [0, 0.1) is 11.3 Å². The third-order valence-electron chi connectivity index (χ3n) is 3.37. The number of benzene rings is 2. The molecule has 3 N–H and O–H groups in total. The maximum Gasteiger partial charge on any atom is 0.101 e. The van der Waals surface area contributed by atoms with Crippen LogP contribution in [0.3, 0.4) is 0 Å². The lowest BCUT2D eigenvalue weighted by atomic mass is 10.2. The first-order valence-electron chi connectivity index (χ1n) is 7.00. The normalized spacial score (nSPS) is 9.90. The van der Waals surface area contributed by atoms with Gasteiger partial charge in [-0.15, -0.1) is 0 Å². The quantitative estimate of drug-likeness (QED) is 0.630. The second-order valence-electron chi connectivity index (χ2n) is 4.95. The van der Waals surface area contributed by atoms with Crippen molar-refractivity contribution in [3.05, 3.63) is 54.1 Å². The van der Waals surface area contributed by atoms with Gasteiger partial charge in [-0.2, -0.15) is 5.26 Å². The highest BCUT2D eigenvalue weighted by molar-refractivity contribution is 5.61. The van der Waals surface area contributed by atoms with E-state index in [1.165, 1.54) is 5.69 Å². The Kier molecular flexibility index (Phi) is 5.05. The second-order valence-corrected chi connectivity index (χ2v) is 4.95. The van der Waals surface area contributed by atoms with Crippen molar-refractivity contribution >= 4 is 17.1 Å². The molecule has 0 aliphatic heterocycles. The molecule has 2 rings (SSSR count). The van der Waals surface area contributed by atoms with E-state index < -0.39 is 0 Å². The number of nitrogens with two attached hydrogens (primary N) is 1. The van der Waals surface area contributed by atoms with Crippen molar-refractivity contribution in [1.82, 2.24) is 0 Å². The topological polar surface area (TPSA) is 65.1 Å². The van der Waals surface area contributed by atoms with Crippen molar-refractivity contribution in [3.8, 4) is 6.07 Å². The molecule has 4 nitrogen and oxygen atoms in total. The van der Waals surface area contributed by atoms with Crippen molar-refractivity contribution < 1.29 is 0 Å². The predicted molar refractivity (Wildman–Crippen MR) is 88.4 cm³/mol. The molecule has 0 aliphatic carbocycles. The first kappa shape index (κ1) is 14.7. The molecule has 0 amide bonds. The third-order valence-corrected chi connectivity index (χ3v) is 3.37. The Balaban J connectivity index is 1.79. The van der Waals surface area contributed by atoms with Gasteiger partial charge in [0.05, 0.1) is 5.56 Å². The summed E-state index contributed by atoms with van der Waals surface area (Å²) >= 11 is 0. The SMILES string of the molecule is CN(CCCNc1ccc(N)c(C#N)c1)c1ccccc1. The Morgan fingerprint density at radius 2 is 1.95 bits per heavy atom. The lowest BCUT2D eigenvalue weighted by molar-refractivity contribution is 0.816. The molecule has 0 bridgehead atoms. The number of nitrogens with one attached hydrogen (secondary N) is 1. The number of para-hydroxylation sites is 1. The first-order valence-corrected chi connectivity index (χ1v) is 7.00. The number of nitriles is 1. The average Bonchev–Trinajstić information content (AvgIpc) is 2.53. The molecular formula is C17H20N4. The van der Waals surface area contributed by atoms with Crippen molar-refractivity contribution in [2.75, 3.05) is 36.1 Å². The number of hydrogen-bond acceptors (Lipinski definition) is 4. The molecule has 0 fully saturated rings. The van der Waals surface area contributed by atoms with Crippen LogP contribution in [0.25, 0.3) is 0 Å². The lowest BCUT2D eigenvalue weighted by Crippen LogP contribution is -2.20. The van der Waals surface area contributed by atoms with E-state index in [1.54, 1.807) is 12.1 Å². The van der Waals surface area contributed by atoms with Gasteiger partial charge in [-0.3, -0.25) is 0 Å². The standard InChI is InChI=1S/C17H20N4/c1-21(16-6-3-2-4-7-16)11-5-10-20-15-8-9-17(19)14(12-15)13-18/h2-4,6-9,12,20H,5,10-11,19H2,1H3. The minimum atomic E-state index is 0.515. The van der Waals surface area contributed by atoms with Crippen LogP contribution in [0.4, 0.5) is 17.1 Å². The average molecular weight is 280 g/mol. The van der Waals surface area contributed by atoms with E-state index >= 15 is 0 Å². The summed E-state index contributed by atoms with van der Waals surface area (Å²) in [7, 11) is 2.09. The zero-order valence-electron chi connectivity index (χ0n) is 12.2. The van der Waals surface area contributed by atoms with E-state index in [0.717, 1.165) is 25.2 Å². The molecule has 0 spiro atoms. The summed E-state index contributed by atoms with van der Waals surface area (Å²) in [5, 5.41) is 12.3. The monoisotopic (exact) mass is 280 g/mol. The number of hydrogen-bond donors (Lipinski definition) is 2. The number of anilines is 3. The molecule has 0 aliphatic rings. The Hall–Kier alpha value is -2.67. The molecule has 4 heteroatoms.